The number of furan rings is 1. The summed E-state index contributed by atoms with van der Waals surface area (Å²) >= 11 is 2.19. The Bertz CT molecular complexity index is 1300. The molecule has 4 aromatic rings. The fraction of sp³-hybridized carbons (Fsp3) is 0.120. The van der Waals surface area contributed by atoms with E-state index in [1.165, 1.54) is 6.21 Å². The third-order valence-corrected chi connectivity index (χ3v) is 5.61. The van der Waals surface area contributed by atoms with E-state index in [9.17, 15) is 4.79 Å². The second-order valence-corrected chi connectivity index (χ2v) is 8.16. The molecule has 0 saturated carbocycles. The molecule has 168 valence electrons. The number of hydrogen-bond acceptors (Lipinski definition) is 6. The number of benzene rings is 3. The second kappa shape index (κ2) is 10.4. The highest BCUT2D eigenvalue weighted by Gasteiger charge is 2.15. The van der Waals surface area contributed by atoms with Gasteiger partial charge in [-0.1, -0.05) is 42.5 Å². The molecular formula is C25H21IN2O5. The Kier molecular flexibility index (Phi) is 7.13. The van der Waals surface area contributed by atoms with E-state index < -0.39 is 5.91 Å². The Hall–Kier alpha value is -3.53. The van der Waals surface area contributed by atoms with Gasteiger partial charge >= 0.3 is 5.91 Å². The van der Waals surface area contributed by atoms with Crippen LogP contribution in [0.4, 0.5) is 0 Å². The van der Waals surface area contributed by atoms with Crippen molar-refractivity contribution in [3.8, 4) is 17.2 Å². The maximum Gasteiger partial charge on any atom is 0.307 e. The van der Waals surface area contributed by atoms with E-state index in [-0.39, 0.29) is 5.76 Å². The number of hydrogen-bond donors (Lipinski definition) is 1. The molecule has 1 heterocycles. The van der Waals surface area contributed by atoms with Crippen molar-refractivity contribution in [2.45, 2.75) is 6.61 Å². The lowest BCUT2D eigenvalue weighted by atomic mass is 10.2. The zero-order valence-corrected chi connectivity index (χ0v) is 20.2. The molecule has 3 aromatic carbocycles. The van der Waals surface area contributed by atoms with Crippen molar-refractivity contribution in [3.63, 3.8) is 0 Å². The van der Waals surface area contributed by atoms with Gasteiger partial charge in [0.2, 0.25) is 0 Å². The third kappa shape index (κ3) is 5.28. The molecule has 1 amide bonds. The monoisotopic (exact) mass is 556 g/mol. The van der Waals surface area contributed by atoms with E-state index in [4.69, 9.17) is 18.6 Å². The van der Waals surface area contributed by atoms with Crippen molar-refractivity contribution in [3.05, 3.63) is 87.2 Å². The summed E-state index contributed by atoms with van der Waals surface area (Å²) in [5, 5.41) is 4.83. The Balaban J connectivity index is 1.45. The van der Waals surface area contributed by atoms with Crippen molar-refractivity contribution in [1.29, 1.82) is 0 Å². The van der Waals surface area contributed by atoms with Gasteiger partial charge in [-0.05, 0) is 58.0 Å². The molecule has 1 N–H and O–H groups in total. The molecule has 0 bridgehead atoms. The fourth-order valence-corrected chi connectivity index (χ4v) is 3.99. The Morgan fingerprint density at radius 1 is 1.03 bits per heavy atom. The summed E-state index contributed by atoms with van der Waals surface area (Å²) in [6, 6.07) is 20.7. The lowest BCUT2D eigenvalue weighted by Gasteiger charge is -2.13. The molecule has 0 spiro atoms. The van der Waals surface area contributed by atoms with E-state index in [1.807, 2.05) is 48.5 Å². The maximum atomic E-state index is 12.5. The SMILES string of the molecule is COc1cc(/C=N\NC(=O)c2cc3cccc(OC)c3o2)cc(I)c1OCc1ccccc1. The van der Waals surface area contributed by atoms with Gasteiger partial charge < -0.3 is 18.6 Å². The summed E-state index contributed by atoms with van der Waals surface area (Å²) in [6.45, 7) is 0.430. The van der Waals surface area contributed by atoms with Crippen LogP contribution in [0, 0.1) is 3.57 Å². The highest BCUT2D eigenvalue weighted by Crippen LogP contribution is 2.34. The first kappa shape index (κ1) is 22.7. The third-order valence-electron chi connectivity index (χ3n) is 4.81. The molecule has 0 radical (unpaired) electrons. The van der Waals surface area contributed by atoms with Gasteiger partial charge in [-0.3, -0.25) is 4.79 Å². The molecule has 0 aliphatic carbocycles. The number of ether oxygens (including phenoxy) is 3. The first-order chi connectivity index (χ1) is 16.1. The molecule has 0 fully saturated rings. The molecule has 7 nitrogen and oxygen atoms in total. The van der Waals surface area contributed by atoms with E-state index in [0.717, 1.165) is 20.1 Å². The van der Waals surface area contributed by atoms with Gasteiger partial charge in [-0.2, -0.15) is 5.10 Å². The summed E-state index contributed by atoms with van der Waals surface area (Å²) in [5.41, 5.74) is 4.81. The maximum absolute atomic E-state index is 12.5. The van der Waals surface area contributed by atoms with Crippen LogP contribution in [0.25, 0.3) is 11.0 Å². The van der Waals surface area contributed by atoms with Gasteiger partial charge in [0.1, 0.15) is 6.61 Å². The van der Waals surface area contributed by atoms with E-state index in [1.54, 1.807) is 32.4 Å². The van der Waals surface area contributed by atoms with Crippen molar-refractivity contribution in [2.75, 3.05) is 14.2 Å². The topological polar surface area (TPSA) is 82.3 Å². The molecule has 33 heavy (non-hydrogen) atoms. The lowest BCUT2D eigenvalue weighted by molar-refractivity contribution is 0.0929. The van der Waals surface area contributed by atoms with Gasteiger partial charge in [0, 0.05) is 5.39 Å². The van der Waals surface area contributed by atoms with Crippen LogP contribution in [0.3, 0.4) is 0 Å². The van der Waals surface area contributed by atoms with Crippen LogP contribution in [-0.4, -0.2) is 26.3 Å². The standard InChI is InChI=1S/C25H21IN2O5/c1-30-20-10-6-9-18-13-22(33-23(18)20)25(29)28-27-14-17-11-19(26)24(21(12-17)31-2)32-15-16-7-4-3-5-8-16/h3-14H,15H2,1-2H3,(H,28,29)/b27-14-. The summed E-state index contributed by atoms with van der Waals surface area (Å²) in [5.74, 6) is 1.47. The minimum atomic E-state index is -0.464. The molecule has 0 aliphatic rings. The van der Waals surface area contributed by atoms with Gasteiger partial charge in [0.05, 0.1) is 24.0 Å². The van der Waals surface area contributed by atoms with Crippen LogP contribution in [0.5, 0.6) is 17.2 Å². The number of carbonyl (C=O) groups excluding carboxylic acids is 1. The Morgan fingerprint density at radius 3 is 2.58 bits per heavy atom. The highest BCUT2D eigenvalue weighted by molar-refractivity contribution is 14.1. The van der Waals surface area contributed by atoms with E-state index in [0.29, 0.717) is 29.4 Å². The largest absolute Gasteiger partial charge is 0.493 e. The number of methoxy groups -OCH3 is 2. The molecule has 0 atom stereocenters. The number of amides is 1. The Morgan fingerprint density at radius 2 is 1.82 bits per heavy atom. The van der Waals surface area contributed by atoms with Gasteiger partial charge in [0.25, 0.3) is 0 Å². The average molecular weight is 556 g/mol. The number of hydrazone groups is 1. The molecule has 4 rings (SSSR count). The second-order valence-electron chi connectivity index (χ2n) is 7.00. The minimum Gasteiger partial charge on any atom is -0.493 e. The smallest absolute Gasteiger partial charge is 0.307 e. The molecular weight excluding hydrogens is 535 g/mol. The fourth-order valence-electron chi connectivity index (χ4n) is 3.21. The van der Waals surface area contributed by atoms with Crippen LogP contribution in [0.2, 0.25) is 0 Å². The average Bonchev–Trinajstić information content (AvgIpc) is 3.28. The van der Waals surface area contributed by atoms with Crippen molar-refractivity contribution < 1.29 is 23.4 Å². The van der Waals surface area contributed by atoms with Crippen molar-refractivity contribution >= 4 is 45.7 Å². The minimum absolute atomic E-state index is 0.142. The summed E-state index contributed by atoms with van der Waals surface area (Å²) in [6.07, 6.45) is 1.53. The van der Waals surface area contributed by atoms with Crippen LogP contribution in [0.15, 0.2) is 76.2 Å². The van der Waals surface area contributed by atoms with E-state index in [2.05, 4.69) is 33.1 Å². The zero-order valence-electron chi connectivity index (χ0n) is 18.0. The zero-order chi connectivity index (χ0) is 23.2. The van der Waals surface area contributed by atoms with Crippen LogP contribution in [0.1, 0.15) is 21.7 Å². The quantitative estimate of drug-likeness (QED) is 0.179. The molecule has 0 saturated heterocycles. The number of fused-ring (bicyclic) bond motifs is 1. The number of halogens is 1. The summed E-state index contributed by atoms with van der Waals surface area (Å²) < 4.78 is 23.2. The normalized spacial score (nSPS) is 11.0. The number of carbonyl (C=O) groups is 1. The van der Waals surface area contributed by atoms with Gasteiger partial charge in [-0.15, -0.1) is 0 Å². The number of rotatable bonds is 8. The van der Waals surface area contributed by atoms with Gasteiger partial charge in [-0.25, -0.2) is 5.43 Å². The van der Waals surface area contributed by atoms with Gasteiger partial charge in [0.15, 0.2) is 28.6 Å². The number of nitrogens with zero attached hydrogens (tertiary/aromatic N) is 1. The molecule has 8 heteroatoms. The molecule has 0 unspecified atom stereocenters. The predicted molar refractivity (Wildman–Crippen MR) is 134 cm³/mol. The van der Waals surface area contributed by atoms with Crippen LogP contribution in [-0.2, 0) is 6.61 Å². The molecule has 1 aromatic heterocycles. The lowest BCUT2D eigenvalue weighted by Crippen LogP contribution is -2.16. The number of nitrogens with one attached hydrogen (secondary N) is 1. The van der Waals surface area contributed by atoms with Crippen LogP contribution >= 0.6 is 22.6 Å². The van der Waals surface area contributed by atoms with Crippen LogP contribution < -0.4 is 19.6 Å². The van der Waals surface area contributed by atoms with Crippen molar-refractivity contribution in [2.24, 2.45) is 5.10 Å². The van der Waals surface area contributed by atoms with E-state index >= 15 is 0 Å². The van der Waals surface area contributed by atoms with Crippen molar-refractivity contribution in [1.82, 2.24) is 5.43 Å². The first-order valence-corrected chi connectivity index (χ1v) is 11.1. The highest BCUT2D eigenvalue weighted by atomic mass is 127. The number of para-hydroxylation sites is 1. The summed E-state index contributed by atoms with van der Waals surface area (Å²) in [4.78, 5) is 12.5. The first-order valence-electron chi connectivity index (χ1n) is 10.0. The predicted octanol–water partition coefficient (Wildman–Crippen LogP) is 5.40. The summed E-state index contributed by atoms with van der Waals surface area (Å²) in [7, 11) is 3.13. The Labute approximate surface area is 204 Å². The molecule has 0 aliphatic heterocycles.